The van der Waals surface area contributed by atoms with Crippen molar-refractivity contribution in [1.29, 1.82) is 0 Å². The Morgan fingerprint density at radius 2 is 2.00 bits per heavy atom. The zero-order chi connectivity index (χ0) is 9.72. The molecular weight excluding hydrogens is 201 g/mol. The van der Waals surface area contributed by atoms with E-state index in [0.29, 0.717) is 5.71 Å². The van der Waals surface area contributed by atoms with E-state index < -0.39 is 10.8 Å². The van der Waals surface area contributed by atoms with E-state index in [2.05, 4.69) is 16.6 Å². The van der Waals surface area contributed by atoms with Gasteiger partial charge in [0, 0.05) is 5.57 Å². The molecule has 0 aromatic heterocycles. The largest absolute Gasteiger partial charge is 0.360 e. The Bertz CT molecular complexity index is 223. The topological polar surface area (TPSA) is 38.7 Å². The molecule has 5 heteroatoms. The molecule has 0 saturated carbocycles. The fourth-order valence-electron chi connectivity index (χ4n) is 0.231. The van der Waals surface area contributed by atoms with Crippen molar-refractivity contribution in [2.75, 3.05) is 0 Å². The number of rotatable bonds is 3. The number of alkyl halides is 2. The minimum Gasteiger partial charge on any atom is -0.313 e. The van der Waals surface area contributed by atoms with Gasteiger partial charge in [-0.15, -0.1) is 0 Å². The van der Waals surface area contributed by atoms with Gasteiger partial charge in [0.15, 0.2) is 0 Å². The van der Waals surface area contributed by atoms with E-state index >= 15 is 0 Å². The molecule has 68 valence electrons. The second-order valence-corrected chi connectivity index (χ2v) is 3.29. The zero-order valence-corrected chi connectivity index (χ0v) is 8.32. The molecule has 0 N–H and O–H groups in total. The third-order valence-corrected chi connectivity index (χ3v) is 1.57. The summed E-state index contributed by atoms with van der Waals surface area (Å²) in [7, 11) is 0. The first-order chi connectivity index (χ1) is 5.45. The molecule has 0 radical (unpaired) electrons. The van der Waals surface area contributed by atoms with Crippen LogP contribution in [0.15, 0.2) is 17.3 Å². The summed E-state index contributed by atoms with van der Waals surface area (Å²) in [6, 6.07) is 0. The van der Waals surface area contributed by atoms with Gasteiger partial charge >= 0.3 is 5.97 Å². The average Bonchev–Trinajstić information content (AvgIpc) is 1.98. The fraction of sp³-hybridized carbons (Fsp3) is 0.429. The van der Waals surface area contributed by atoms with Gasteiger partial charge in [-0.2, -0.15) is 0 Å². The van der Waals surface area contributed by atoms with Crippen LogP contribution < -0.4 is 0 Å². The van der Waals surface area contributed by atoms with Crippen LogP contribution >= 0.6 is 23.2 Å². The van der Waals surface area contributed by atoms with E-state index in [1.54, 1.807) is 6.92 Å². The van der Waals surface area contributed by atoms with Gasteiger partial charge < -0.3 is 4.84 Å². The van der Waals surface area contributed by atoms with Gasteiger partial charge in [0.25, 0.3) is 0 Å². The summed E-state index contributed by atoms with van der Waals surface area (Å²) in [5.74, 6) is -0.594. The molecule has 0 aliphatic rings. The third kappa shape index (κ3) is 4.36. The Balaban J connectivity index is 4.05. The molecule has 0 heterocycles. The molecule has 0 atom stereocenters. The van der Waals surface area contributed by atoms with E-state index in [4.69, 9.17) is 23.2 Å². The molecule has 0 saturated heterocycles. The van der Waals surface area contributed by atoms with Crippen LogP contribution in [-0.2, 0) is 9.63 Å². The summed E-state index contributed by atoms with van der Waals surface area (Å²) in [4.78, 5) is 14.4. The molecule has 0 rings (SSSR count). The lowest BCUT2D eigenvalue weighted by molar-refractivity contribution is -0.138. The second-order valence-electron chi connectivity index (χ2n) is 2.19. The number of hydrogen-bond donors (Lipinski definition) is 0. The van der Waals surface area contributed by atoms with E-state index in [9.17, 15) is 4.79 Å². The summed E-state index contributed by atoms with van der Waals surface area (Å²) in [5, 5.41) is 3.39. The van der Waals surface area contributed by atoms with E-state index in [1.165, 1.54) is 6.92 Å². The molecule has 0 aliphatic carbocycles. The molecule has 0 bridgehead atoms. The van der Waals surface area contributed by atoms with Crippen LogP contribution in [0.2, 0.25) is 0 Å². The minimum atomic E-state index is -0.761. The van der Waals surface area contributed by atoms with Crippen LogP contribution in [0.4, 0.5) is 0 Å². The standard InChI is InChI=1S/C7H9Cl2NO2/c1-4(2)7(11)12-10-5(3)6(8)9/h6H,1H2,2-3H3. The maximum Gasteiger partial charge on any atom is 0.360 e. The summed E-state index contributed by atoms with van der Waals surface area (Å²) in [5.41, 5.74) is 0.597. The van der Waals surface area contributed by atoms with Crippen molar-refractivity contribution in [3.05, 3.63) is 12.2 Å². The molecule has 12 heavy (non-hydrogen) atoms. The maximum atomic E-state index is 10.8. The lowest BCUT2D eigenvalue weighted by atomic mass is 10.4. The predicted octanol–water partition coefficient (Wildman–Crippen LogP) is 2.29. The normalized spacial score (nSPS) is 11.6. The molecule has 0 aromatic carbocycles. The maximum absolute atomic E-state index is 10.8. The van der Waals surface area contributed by atoms with Crippen LogP contribution in [0.3, 0.4) is 0 Å². The summed E-state index contributed by atoms with van der Waals surface area (Å²) >= 11 is 10.8. The van der Waals surface area contributed by atoms with Gasteiger partial charge in [0.1, 0.15) is 4.84 Å². The molecule has 0 aromatic rings. The lowest BCUT2D eigenvalue weighted by Gasteiger charge is -1.99. The summed E-state index contributed by atoms with van der Waals surface area (Å²) in [6.07, 6.45) is 0. The predicted molar refractivity (Wildman–Crippen MR) is 49.5 cm³/mol. The fourth-order valence-corrected chi connectivity index (χ4v) is 0.311. The molecule has 0 unspecified atom stereocenters. The van der Waals surface area contributed by atoms with Gasteiger partial charge in [0.2, 0.25) is 0 Å². The Morgan fingerprint density at radius 1 is 1.50 bits per heavy atom. The van der Waals surface area contributed by atoms with Gasteiger partial charge in [-0.1, -0.05) is 34.9 Å². The van der Waals surface area contributed by atoms with Crippen molar-refractivity contribution in [1.82, 2.24) is 0 Å². The SMILES string of the molecule is C=C(C)C(=O)ON=C(C)C(Cl)Cl. The van der Waals surface area contributed by atoms with Crippen LogP contribution in [0.5, 0.6) is 0 Å². The summed E-state index contributed by atoms with van der Waals surface area (Å²) in [6.45, 7) is 6.44. The molecular formula is C7H9Cl2NO2. The smallest absolute Gasteiger partial charge is 0.313 e. The van der Waals surface area contributed by atoms with E-state index in [0.717, 1.165) is 0 Å². The quantitative estimate of drug-likeness (QED) is 0.235. The summed E-state index contributed by atoms with van der Waals surface area (Å²) < 4.78 is 0. The van der Waals surface area contributed by atoms with Crippen LogP contribution in [-0.4, -0.2) is 16.5 Å². The Morgan fingerprint density at radius 3 is 2.33 bits per heavy atom. The van der Waals surface area contributed by atoms with Crippen molar-refractivity contribution in [2.24, 2.45) is 5.16 Å². The van der Waals surface area contributed by atoms with Gasteiger partial charge in [0.05, 0.1) is 5.71 Å². The lowest BCUT2D eigenvalue weighted by Crippen LogP contribution is -2.07. The molecule has 3 nitrogen and oxygen atoms in total. The van der Waals surface area contributed by atoms with Crippen molar-refractivity contribution < 1.29 is 9.63 Å². The number of hydrogen-bond acceptors (Lipinski definition) is 3. The number of oxime groups is 1. The van der Waals surface area contributed by atoms with Crippen molar-refractivity contribution in [2.45, 2.75) is 18.7 Å². The first kappa shape index (κ1) is 11.5. The third-order valence-electron chi connectivity index (χ3n) is 0.937. The highest BCUT2D eigenvalue weighted by Crippen LogP contribution is 2.04. The number of halogens is 2. The highest BCUT2D eigenvalue weighted by Gasteiger charge is 2.06. The Labute approximate surface area is 81.0 Å². The Kier molecular flexibility index (Phi) is 4.93. The highest BCUT2D eigenvalue weighted by molar-refractivity contribution is 6.54. The van der Waals surface area contributed by atoms with E-state index in [-0.39, 0.29) is 5.57 Å². The van der Waals surface area contributed by atoms with Gasteiger partial charge in [-0.25, -0.2) is 4.79 Å². The molecule has 0 aliphatic heterocycles. The van der Waals surface area contributed by atoms with Crippen molar-refractivity contribution >= 4 is 34.9 Å². The average molecular weight is 210 g/mol. The molecule has 0 amide bonds. The van der Waals surface area contributed by atoms with Gasteiger partial charge in [-0.3, -0.25) is 0 Å². The zero-order valence-electron chi connectivity index (χ0n) is 6.80. The number of nitrogens with zero attached hydrogens (tertiary/aromatic N) is 1. The monoisotopic (exact) mass is 209 g/mol. The first-order valence-corrected chi connectivity index (χ1v) is 4.02. The minimum absolute atomic E-state index is 0.271. The van der Waals surface area contributed by atoms with Crippen molar-refractivity contribution in [3.63, 3.8) is 0 Å². The molecule has 0 spiro atoms. The van der Waals surface area contributed by atoms with Gasteiger partial charge in [-0.05, 0) is 13.8 Å². The molecule has 0 fully saturated rings. The van der Waals surface area contributed by atoms with Crippen LogP contribution in [0.25, 0.3) is 0 Å². The number of carbonyl (C=O) groups excluding carboxylic acids is 1. The Hall–Kier alpha value is -0.540. The highest BCUT2D eigenvalue weighted by atomic mass is 35.5. The first-order valence-electron chi connectivity index (χ1n) is 3.14. The second kappa shape index (κ2) is 5.17. The van der Waals surface area contributed by atoms with Crippen molar-refractivity contribution in [3.8, 4) is 0 Å². The van der Waals surface area contributed by atoms with E-state index in [1.807, 2.05) is 0 Å². The van der Waals surface area contributed by atoms with Crippen LogP contribution in [0, 0.1) is 0 Å². The van der Waals surface area contributed by atoms with Crippen LogP contribution in [0.1, 0.15) is 13.8 Å². The number of carbonyl (C=O) groups is 1.